The van der Waals surface area contributed by atoms with Crippen molar-refractivity contribution in [3.8, 4) is 0 Å². The monoisotopic (exact) mass is 412 g/mol. The van der Waals surface area contributed by atoms with Gasteiger partial charge in [0.15, 0.2) is 11.3 Å². The van der Waals surface area contributed by atoms with Gasteiger partial charge in [0, 0.05) is 16.3 Å². The summed E-state index contributed by atoms with van der Waals surface area (Å²) in [4.78, 5) is 28.5. The number of nitrogens with one attached hydrogen (secondary N) is 1. The standard InChI is InChI=1S/C17H11Cl2FN2O3S/c1-8(16(23)22-11-3-2-6-21-15(11)19)25-17(24)14-13(18)10-5-4-9(20)7-12(10)26-14/h2-8H,1H3,(H,22,23)/t8-/m1/s1. The van der Waals surface area contributed by atoms with Gasteiger partial charge in [-0.2, -0.15) is 0 Å². The molecule has 2 heterocycles. The molecule has 0 aliphatic carbocycles. The van der Waals surface area contributed by atoms with Crippen LogP contribution in [0.5, 0.6) is 0 Å². The normalized spacial score (nSPS) is 12.0. The molecule has 1 amide bonds. The third-order valence-corrected chi connectivity index (χ3v) is 5.39. The topological polar surface area (TPSA) is 68.3 Å². The molecule has 1 atom stereocenters. The first-order valence-electron chi connectivity index (χ1n) is 7.36. The van der Waals surface area contributed by atoms with Gasteiger partial charge < -0.3 is 10.1 Å². The summed E-state index contributed by atoms with van der Waals surface area (Å²) in [5.74, 6) is -1.77. The molecule has 3 rings (SSSR count). The number of carbonyl (C=O) groups is 2. The number of benzene rings is 1. The van der Waals surface area contributed by atoms with Gasteiger partial charge in [0.05, 0.1) is 10.7 Å². The van der Waals surface area contributed by atoms with Gasteiger partial charge in [0.2, 0.25) is 0 Å². The molecule has 0 radical (unpaired) electrons. The average molecular weight is 413 g/mol. The molecule has 1 N–H and O–H groups in total. The fraction of sp³-hybridized carbons (Fsp3) is 0.118. The Balaban J connectivity index is 1.74. The number of thiophene rings is 1. The Kier molecular flexibility index (Phi) is 5.41. The largest absolute Gasteiger partial charge is 0.448 e. The van der Waals surface area contributed by atoms with Gasteiger partial charge in [0.25, 0.3) is 5.91 Å². The zero-order valence-electron chi connectivity index (χ0n) is 13.3. The molecule has 134 valence electrons. The fourth-order valence-corrected chi connectivity index (χ4v) is 3.73. The molecule has 0 aliphatic rings. The number of aromatic nitrogens is 1. The van der Waals surface area contributed by atoms with Crippen LogP contribution in [-0.4, -0.2) is 23.0 Å². The highest BCUT2D eigenvalue weighted by Crippen LogP contribution is 2.36. The van der Waals surface area contributed by atoms with Crippen LogP contribution in [0.1, 0.15) is 16.6 Å². The second kappa shape index (κ2) is 7.57. The number of anilines is 1. The Morgan fingerprint density at radius 2 is 2.08 bits per heavy atom. The SMILES string of the molecule is C[C@@H](OC(=O)c1sc2cc(F)ccc2c1Cl)C(=O)Nc1cccnc1Cl. The number of hydrogen-bond donors (Lipinski definition) is 1. The fourth-order valence-electron chi connectivity index (χ4n) is 2.15. The van der Waals surface area contributed by atoms with E-state index < -0.39 is 23.8 Å². The van der Waals surface area contributed by atoms with Crippen LogP contribution in [0.15, 0.2) is 36.5 Å². The van der Waals surface area contributed by atoms with Crippen LogP contribution in [0.3, 0.4) is 0 Å². The summed E-state index contributed by atoms with van der Waals surface area (Å²) in [5.41, 5.74) is 0.303. The van der Waals surface area contributed by atoms with E-state index >= 15 is 0 Å². The minimum Gasteiger partial charge on any atom is -0.448 e. The first-order chi connectivity index (χ1) is 12.4. The molecule has 5 nitrogen and oxygen atoms in total. The minimum atomic E-state index is -1.10. The molecule has 2 aromatic heterocycles. The first kappa shape index (κ1) is 18.6. The number of ether oxygens (including phenoxy) is 1. The third kappa shape index (κ3) is 3.80. The Hall–Kier alpha value is -2.22. The van der Waals surface area contributed by atoms with Crippen molar-refractivity contribution in [2.75, 3.05) is 5.32 Å². The summed E-state index contributed by atoms with van der Waals surface area (Å²) < 4.78 is 19.0. The second-order valence-electron chi connectivity index (χ2n) is 5.26. The van der Waals surface area contributed by atoms with Gasteiger partial charge in [0.1, 0.15) is 10.7 Å². The van der Waals surface area contributed by atoms with Crippen LogP contribution in [0, 0.1) is 5.82 Å². The van der Waals surface area contributed by atoms with Crippen molar-refractivity contribution in [1.29, 1.82) is 0 Å². The molecule has 0 aliphatic heterocycles. The van der Waals surface area contributed by atoms with E-state index in [0.29, 0.717) is 15.8 Å². The van der Waals surface area contributed by atoms with E-state index in [-0.39, 0.29) is 15.1 Å². The van der Waals surface area contributed by atoms with Crippen LogP contribution >= 0.6 is 34.5 Å². The summed E-state index contributed by atoms with van der Waals surface area (Å²) in [6.07, 6.45) is 0.380. The molecular weight excluding hydrogens is 402 g/mol. The predicted octanol–water partition coefficient (Wildman–Crippen LogP) is 4.93. The summed E-state index contributed by atoms with van der Waals surface area (Å²) in [5, 5.41) is 3.36. The van der Waals surface area contributed by atoms with Crippen LogP contribution < -0.4 is 5.32 Å². The van der Waals surface area contributed by atoms with Crippen molar-refractivity contribution in [2.24, 2.45) is 0 Å². The van der Waals surface area contributed by atoms with Crippen molar-refractivity contribution < 1.29 is 18.7 Å². The molecule has 9 heteroatoms. The summed E-state index contributed by atoms with van der Waals surface area (Å²) >= 11 is 13.0. The highest BCUT2D eigenvalue weighted by atomic mass is 35.5. The number of rotatable bonds is 4. The van der Waals surface area contributed by atoms with E-state index in [9.17, 15) is 14.0 Å². The van der Waals surface area contributed by atoms with E-state index in [1.54, 1.807) is 12.1 Å². The van der Waals surface area contributed by atoms with Crippen LogP contribution in [0.2, 0.25) is 10.2 Å². The van der Waals surface area contributed by atoms with Crippen molar-refractivity contribution in [3.63, 3.8) is 0 Å². The van der Waals surface area contributed by atoms with Gasteiger partial charge >= 0.3 is 5.97 Å². The quantitative estimate of drug-likeness (QED) is 0.487. The Morgan fingerprint density at radius 3 is 2.81 bits per heavy atom. The third-order valence-electron chi connectivity index (χ3n) is 3.45. The molecule has 0 saturated carbocycles. The number of halogens is 3. The van der Waals surface area contributed by atoms with E-state index in [0.717, 1.165) is 11.3 Å². The van der Waals surface area contributed by atoms with Gasteiger partial charge in [-0.1, -0.05) is 23.2 Å². The smallest absolute Gasteiger partial charge is 0.350 e. The molecular formula is C17H11Cl2FN2O3S. The number of fused-ring (bicyclic) bond motifs is 1. The first-order valence-corrected chi connectivity index (χ1v) is 8.94. The molecule has 0 spiro atoms. The number of esters is 1. The van der Waals surface area contributed by atoms with Gasteiger partial charge in [-0.25, -0.2) is 14.2 Å². The molecule has 1 aromatic carbocycles. The van der Waals surface area contributed by atoms with Crippen molar-refractivity contribution >= 4 is 62.2 Å². The van der Waals surface area contributed by atoms with E-state index in [1.165, 1.54) is 31.3 Å². The summed E-state index contributed by atoms with van der Waals surface area (Å²) in [7, 11) is 0. The molecule has 26 heavy (non-hydrogen) atoms. The molecule has 0 saturated heterocycles. The zero-order valence-corrected chi connectivity index (χ0v) is 15.6. The lowest BCUT2D eigenvalue weighted by atomic mass is 10.2. The van der Waals surface area contributed by atoms with Crippen LogP contribution in [0.4, 0.5) is 10.1 Å². The van der Waals surface area contributed by atoms with Crippen molar-refractivity contribution in [1.82, 2.24) is 4.98 Å². The van der Waals surface area contributed by atoms with Crippen LogP contribution in [-0.2, 0) is 9.53 Å². The molecule has 0 bridgehead atoms. The van der Waals surface area contributed by atoms with E-state index in [4.69, 9.17) is 27.9 Å². The minimum absolute atomic E-state index is 0.103. The second-order valence-corrected chi connectivity index (χ2v) is 7.05. The number of pyridine rings is 1. The maximum Gasteiger partial charge on any atom is 0.350 e. The Morgan fingerprint density at radius 1 is 1.31 bits per heavy atom. The number of carbonyl (C=O) groups excluding carboxylic acids is 2. The zero-order chi connectivity index (χ0) is 18.8. The Labute approximate surface area is 161 Å². The lowest BCUT2D eigenvalue weighted by molar-refractivity contribution is -0.123. The summed E-state index contributed by atoms with van der Waals surface area (Å²) in [6.45, 7) is 1.42. The van der Waals surface area contributed by atoms with Crippen LogP contribution in [0.25, 0.3) is 10.1 Å². The lowest BCUT2D eigenvalue weighted by Gasteiger charge is -2.13. The van der Waals surface area contributed by atoms with Gasteiger partial charge in [-0.05, 0) is 37.3 Å². The number of hydrogen-bond acceptors (Lipinski definition) is 5. The van der Waals surface area contributed by atoms with Gasteiger partial charge in [-0.3, -0.25) is 4.79 Å². The maximum atomic E-state index is 13.3. The van der Waals surface area contributed by atoms with Crippen molar-refractivity contribution in [3.05, 3.63) is 57.4 Å². The maximum absolute atomic E-state index is 13.3. The van der Waals surface area contributed by atoms with Crippen molar-refractivity contribution in [2.45, 2.75) is 13.0 Å². The predicted molar refractivity (Wildman–Crippen MR) is 99.5 cm³/mol. The highest BCUT2D eigenvalue weighted by Gasteiger charge is 2.24. The molecule has 0 unspecified atom stereocenters. The van der Waals surface area contributed by atoms with E-state index in [1.807, 2.05) is 0 Å². The summed E-state index contributed by atoms with van der Waals surface area (Å²) in [6, 6.07) is 7.20. The van der Waals surface area contributed by atoms with E-state index in [2.05, 4.69) is 10.3 Å². The lowest BCUT2D eigenvalue weighted by Crippen LogP contribution is -2.30. The van der Waals surface area contributed by atoms with Gasteiger partial charge in [-0.15, -0.1) is 11.3 Å². The molecule has 0 fully saturated rings. The number of nitrogens with zero attached hydrogens (tertiary/aromatic N) is 1. The highest BCUT2D eigenvalue weighted by molar-refractivity contribution is 7.21. The Bertz CT molecular complexity index is 1010. The average Bonchev–Trinajstić information content (AvgIpc) is 2.93. The number of amides is 1. The molecule has 3 aromatic rings.